The van der Waals surface area contributed by atoms with Gasteiger partial charge in [0, 0.05) is 30.0 Å². The Balaban J connectivity index is 1.46. The first-order valence-corrected chi connectivity index (χ1v) is 14.0. The summed E-state index contributed by atoms with van der Waals surface area (Å²) >= 11 is 0. The van der Waals surface area contributed by atoms with Gasteiger partial charge in [-0.2, -0.15) is 10.1 Å². The summed E-state index contributed by atoms with van der Waals surface area (Å²) in [6.07, 6.45) is 5.94. The third kappa shape index (κ3) is 6.19. The lowest BCUT2D eigenvalue weighted by Crippen LogP contribution is -2.52. The highest BCUT2D eigenvalue weighted by molar-refractivity contribution is 7.91. The van der Waals surface area contributed by atoms with Crippen LogP contribution in [0.25, 0.3) is 11.0 Å². The molecule has 1 saturated carbocycles. The monoisotopic (exact) mass is 530 g/mol. The molecule has 3 aromatic rings. The fourth-order valence-corrected chi connectivity index (χ4v) is 6.08. The summed E-state index contributed by atoms with van der Waals surface area (Å²) in [6.45, 7) is 6.01. The number of aromatic nitrogens is 4. The maximum Gasteiger partial charge on any atom is 0.407 e. The van der Waals surface area contributed by atoms with Crippen molar-refractivity contribution in [3.63, 3.8) is 0 Å². The van der Waals surface area contributed by atoms with E-state index >= 15 is 0 Å². The number of nitrogens with zero attached hydrogens (tertiary/aromatic N) is 5. The first kappa shape index (κ1) is 26.8. The fraction of sp³-hybridized carbons (Fsp3) is 0.520. The van der Waals surface area contributed by atoms with Crippen molar-refractivity contribution in [2.75, 3.05) is 17.7 Å². The van der Waals surface area contributed by atoms with E-state index in [1.54, 1.807) is 29.4 Å². The minimum absolute atomic E-state index is 0.0122. The molecule has 1 fully saturated rings. The van der Waals surface area contributed by atoms with Crippen LogP contribution < -0.4 is 5.32 Å². The van der Waals surface area contributed by atoms with Gasteiger partial charge in [0.15, 0.2) is 15.5 Å². The van der Waals surface area contributed by atoms with Gasteiger partial charge in [0.25, 0.3) is 0 Å². The van der Waals surface area contributed by atoms with E-state index in [2.05, 4.69) is 20.4 Å². The molecule has 2 heterocycles. The minimum Gasteiger partial charge on any atom is -0.465 e. The second-order valence-corrected chi connectivity index (χ2v) is 12.6. The number of fused-ring (bicyclic) bond motifs is 1. The van der Waals surface area contributed by atoms with Crippen LogP contribution in [0, 0.1) is 5.92 Å². The van der Waals surface area contributed by atoms with Crippen LogP contribution in [-0.2, 0) is 16.4 Å². The minimum atomic E-state index is -3.58. The highest BCUT2D eigenvalue weighted by Gasteiger charge is 2.35. The van der Waals surface area contributed by atoms with Crippen molar-refractivity contribution in [3.8, 4) is 0 Å². The van der Waals surface area contributed by atoms with E-state index < -0.39 is 28.1 Å². The topological polar surface area (TPSA) is 151 Å². The van der Waals surface area contributed by atoms with Crippen LogP contribution in [0.15, 0.2) is 41.6 Å². The Bertz CT molecular complexity index is 1360. The van der Waals surface area contributed by atoms with Crippen LogP contribution in [-0.4, -0.2) is 73.3 Å². The molecular formula is C25H34N6O5S. The maximum absolute atomic E-state index is 12.3. The molecule has 12 heteroatoms. The molecule has 0 spiro atoms. The van der Waals surface area contributed by atoms with Crippen molar-refractivity contribution in [3.05, 3.63) is 36.7 Å². The first-order valence-electron chi connectivity index (χ1n) is 12.4. The average molecular weight is 531 g/mol. The average Bonchev–Trinajstić information content (AvgIpc) is 3.21. The van der Waals surface area contributed by atoms with Crippen molar-refractivity contribution in [1.82, 2.24) is 24.6 Å². The predicted molar refractivity (Wildman–Crippen MR) is 140 cm³/mol. The van der Waals surface area contributed by atoms with Crippen molar-refractivity contribution in [1.29, 1.82) is 0 Å². The molecule has 0 atom stereocenters. The van der Waals surface area contributed by atoms with Crippen LogP contribution in [0.4, 0.5) is 16.4 Å². The summed E-state index contributed by atoms with van der Waals surface area (Å²) in [5, 5.41) is 27.1. The quantitative estimate of drug-likeness (QED) is 0.396. The van der Waals surface area contributed by atoms with Crippen molar-refractivity contribution in [2.45, 2.75) is 69.5 Å². The second kappa shape index (κ2) is 10.6. The van der Waals surface area contributed by atoms with Gasteiger partial charge in [-0.15, -0.1) is 0 Å². The van der Waals surface area contributed by atoms with E-state index in [0.717, 1.165) is 31.1 Å². The molecule has 4 rings (SSSR count). The zero-order chi connectivity index (χ0) is 26.8. The highest BCUT2D eigenvalue weighted by Crippen LogP contribution is 2.32. The molecule has 11 nitrogen and oxygen atoms in total. The second-order valence-electron chi connectivity index (χ2n) is 10.5. The van der Waals surface area contributed by atoms with Gasteiger partial charge in [-0.3, -0.25) is 0 Å². The number of benzene rings is 1. The Kier molecular flexibility index (Phi) is 7.69. The largest absolute Gasteiger partial charge is 0.465 e. The van der Waals surface area contributed by atoms with Crippen molar-refractivity contribution >= 4 is 38.6 Å². The van der Waals surface area contributed by atoms with Crippen LogP contribution >= 0.6 is 0 Å². The van der Waals surface area contributed by atoms with Gasteiger partial charge in [0.1, 0.15) is 0 Å². The van der Waals surface area contributed by atoms with Crippen LogP contribution in [0.1, 0.15) is 46.5 Å². The lowest BCUT2D eigenvalue weighted by molar-refractivity contribution is 0.0489. The Labute approximate surface area is 216 Å². The van der Waals surface area contributed by atoms with Crippen molar-refractivity contribution in [2.24, 2.45) is 5.92 Å². The van der Waals surface area contributed by atoms with Crippen LogP contribution in [0.3, 0.4) is 0 Å². The van der Waals surface area contributed by atoms with E-state index in [9.17, 15) is 18.3 Å². The molecule has 1 aliphatic carbocycles. The third-order valence-electron chi connectivity index (χ3n) is 6.73. The summed E-state index contributed by atoms with van der Waals surface area (Å²) in [5.74, 6) is 0.330. The molecule has 1 amide bonds. The van der Waals surface area contributed by atoms with Gasteiger partial charge < -0.3 is 20.4 Å². The molecule has 0 bridgehead atoms. The predicted octanol–water partition coefficient (Wildman–Crippen LogP) is 3.67. The number of anilines is 2. The van der Waals surface area contributed by atoms with E-state index in [4.69, 9.17) is 5.11 Å². The molecule has 2 aromatic heterocycles. The third-order valence-corrected chi connectivity index (χ3v) is 8.42. The number of carbonyl (C=O) groups is 1. The highest BCUT2D eigenvalue weighted by atomic mass is 32.2. The number of amides is 1. The molecule has 37 heavy (non-hydrogen) atoms. The summed E-state index contributed by atoms with van der Waals surface area (Å²) in [7, 11) is -3.58. The number of rotatable bonds is 8. The standard InChI is InChI=1S/C25H34N6O5S/c1-25(2,3)31(24(33)34)20-9-7-17(8-10-20)16-30-22-18(15-27-30)14-26-23(29-22)28-19-5-4-6-21(13-19)37(35,36)12-11-32/h4-6,13-15,17,20,32H,7-12,16H2,1-3H3,(H,33,34)(H,26,28,29). The van der Waals surface area contributed by atoms with Gasteiger partial charge in [0.2, 0.25) is 5.95 Å². The van der Waals surface area contributed by atoms with Gasteiger partial charge in [-0.05, 0) is 70.6 Å². The van der Waals surface area contributed by atoms with E-state index in [1.807, 2.05) is 25.5 Å². The summed E-state index contributed by atoms with van der Waals surface area (Å²) in [6, 6.07) is 6.34. The Morgan fingerprint density at radius 1 is 1.19 bits per heavy atom. The van der Waals surface area contributed by atoms with E-state index in [1.165, 1.54) is 12.1 Å². The normalized spacial score (nSPS) is 18.6. The van der Waals surface area contributed by atoms with Crippen LogP contribution in [0.2, 0.25) is 0 Å². The molecule has 0 radical (unpaired) electrons. The number of aliphatic hydroxyl groups excluding tert-OH is 1. The molecule has 200 valence electrons. The smallest absolute Gasteiger partial charge is 0.407 e. The number of hydrogen-bond donors (Lipinski definition) is 3. The maximum atomic E-state index is 12.3. The number of carboxylic acid groups (broad SMARTS) is 1. The van der Waals surface area contributed by atoms with Crippen LogP contribution in [0.5, 0.6) is 0 Å². The SMILES string of the molecule is CC(C)(C)N(C(=O)O)C1CCC(Cn2ncc3cnc(Nc4cccc(S(=O)(=O)CCO)c4)nc32)CC1. The number of aliphatic hydroxyl groups is 1. The molecule has 1 aliphatic rings. The summed E-state index contributed by atoms with van der Waals surface area (Å²) in [4.78, 5) is 22.5. The fourth-order valence-electron chi connectivity index (χ4n) is 5.02. The number of hydrogen-bond acceptors (Lipinski definition) is 8. The molecule has 0 unspecified atom stereocenters. The van der Waals surface area contributed by atoms with Gasteiger partial charge >= 0.3 is 6.09 Å². The van der Waals surface area contributed by atoms with Gasteiger partial charge in [0.05, 0.1) is 28.8 Å². The molecule has 3 N–H and O–H groups in total. The van der Waals surface area contributed by atoms with Crippen molar-refractivity contribution < 1.29 is 23.4 Å². The lowest BCUT2D eigenvalue weighted by Gasteiger charge is -2.42. The first-order chi connectivity index (χ1) is 17.5. The molecular weight excluding hydrogens is 496 g/mol. The summed E-state index contributed by atoms with van der Waals surface area (Å²) in [5.41, 5.74) is 0.750. The van der Waals surface area contributed by atoms with Gasteiger partial charge in [-0.25, -0.2) is 22.9 Å². The van der Waals surface area contributed by atoms with Gasteiger partial charge in [-0.1, -0.05) is 6.07 Å². The molecule has 1 aromatic carbocycles. The molecule has 0 saturated heterocycles. The Morgan fingerprint density at radius 2 is 1.92 bits per heavy atom. The Morgan fingerprint density at radius 3 is 2.57 bits per heavy atom. The molecule has 0 aliphatic heterocycles. The van der Waals surface area contributed by atoms with E-state index in [0.29, 0.717) is 29.7 Å². The lowest BCUT2D eigenvalue weighted by atomic mass is 9.84. The number of nitrogens with one attached hydrogen (secondary N) is 1. The Hall–Kier alpha value is -3.25. The van der Waals surface area contributed by atoms with E-state index in [-0.39, 0.29) is 16.7 Å². The number of sulfone groups is 1. The zero-order valence-corrected chi connectivity index (χ0v) is 22.1. The zero-order valence-electron chi connectivity index (χ0n) is 21.3. The summed E-state index contributed by atoms with van der Waals surface area (Å²) < 4.78 is 26.4.